The lowest BCUT2D eigenvalue weighted by Gasteiger charge is -2.33. The number of carbonyl (C=O) groups excluding carboxylic acids is 2. The molecule has 9 heteroatoms. The van der Waals surface area contributed by atoms with Crippen LogP contribution in [0.2, 0.25) is 5.02 Å². The average Bonchev–Trinajstić information content (AvgIpc) is 2.87. The third kappa shape index (κ3) is 6.90. The zero-order valence-corrected chi connectivity index (χ0v) is 23.0. The van der Waals surface area contributed by atoms with Crippen LogP contribution in [-0.2, 0) is 26.2 Å². The van der Waals surface area contributed by atoms with E-state index in [-0.39, 0.29) is 17.3 Å². The molecule has 0 unspecified atom stereocenters. The minimum atomic E-state index is -4.11. The summed E-state index contributed by atoms with van der Waals surface area (Å²) >= 11 is 6.05. The molecule has 0 radical (unpaired) electrons. The molecule has 3 rings (SSSR count). The number of sulfonamides is 1. The van der Waals surface area contributed by atoms with E-state index < -0.39 is 28.5 Å². The van der Waals surface area contributed by atoms with Crippen molar-refractivity contribution in [2.45, 2.75) is 44.7 Å². The number of nitrogens with zero attached hydrogens (tertiary/aromatic N) is 2. The summed E-state index contributed by atoms with van der Waals surface area (Å²) < 4.78 is 28.6. The molecule has 0 saturated heterocycles. The zero-order chi connectivity index (χ0) is 27.2. The van der Waals surface area contributed by atoms with Gasteiger partial charge in [-0.3, -0.25) is 13.9 Å². The van der Waals surface area contributed by atoms with Gasteiger partial charge in [-0.15, -0.1) is 0 Å². The summed E-state index contributed by atoms with van der Waals surface area (Å²) in [7, 11) is -2.59. The Morgan fingerprint density at radius 1 is 0.946 bits per heavy atom. The maximum Gasteiger partial charge on any atom is 0.264 e. The van der Waals surface area contributed by atoms with Crippen LogP contribution in [0.25, 0.3) is 0 Å². The molecular weight excluding hydrogens is 510 g/mol. The second-order valence-corrected chi connectivity index (χ2v) is 11.1. The normalized spacial score (nSPS) is 12.0. The number of benzene rings is 3. The SMILES string of the molecule is CC[C@H](C(=O)NC)N(Cc1cccc(C)c1)C(=O)CN(c1ccc(Cl)cc1)S(=O)(=O)c1ccc(C)cc1. The predicted molar refractivity (Wildman–Crippen MR) is 147 cm³/mol. The van der Waals surface area contributed by atoms with Crippen molar-refractivity contribution in [1.82, 2.24) is 10.2 Å². The molecule has 0 saturated carbocycles. The zero-order valence-electron chi connectivity index (χ0n) is 21.4. The van der Waals surface area contributed by atoms with Crippen LogP contribution in [0.4, 0.5) is 5.69 Å². The highest BCUT2D eigenvalue weighted by molar-refractivity contribution is 7.92. The van der Waals surface area contributed by atoms with Crippen LogP contribution in [-0.4, -0.2) is 44.8 Å². The number of halogens is 1. The van der Waals surface area contributed by atoms with Gasteiger partial charge >= 0.3 is 0 Å². The van der Waals surface area contributed by atoms with Crippen molar-refractivity contribution in [3.05, 3.63) is 94.5 Å². The van der Waals surface area contributed by atoms with Gasteiger partial charge in [0.25, 0.3) is 10.0 Å². The molecule has 3 aromatic rings. The molecule has 0 fully saturated rings. The Bertz CT molecular complexity index is 1340. The van der Waals surface area contributed by atoms with Gasteiger partial charge in [-0.05, 0) is 62.2 Å². The number of nitrogens with one attached hydrogen (secondary N) is 1. The van der Waals surface area contributed by atoms with E-state index in [9.17, 15) is 18.0 Å². The molecule has 1 atom stereocenters. The molecule has 0 aromatic heterocycles. The third-order valence-corrected chi connectivity index (χ3v) is 8.11. The first-order chi connectivity index (χ1) is 17.6. The summed E-state index contributed by atoms with van der Waals surface area (Å²) in [5.74, 6) is -0.814. The molecule has 0 aliphatic heterocycles. The molecular formula is C28H32ClN3O4S. The Labute approximate surface area is 224 Å². The number of likely N-dealkylation sites (N-methyl/N-ethyl adjacent to an activating group) is 1. The first-order valence-corrected chi connectivity index (χ1v) is 13.8. The third-order valence-electron chi connectivity index (χ3n) is 6.07. The summed E-state index contributed by atoms with van der Waals surface area (Å²) in [5, 5.41) is 3.06. The predicted octanol–water partition coefficient (Wildman–Crippen LogP) is 4.71. The Kier molecular flexibility index (Phi) is 9.34. The second-order valence-electron chi connectivity index (χ2n) is 8.85. The topological polar surface area (TPSA) is 86.8 Å². The summed E-state index contributed by atoms with van der Waals surface area (Å²) in [6.07, 6.45) is 0.364. The van der Waals surface area contributed by atoms with Crippen molar-refractivity contribution in [2.24, 2.45) is 0 Å². The molecule has 196 valence electrons. The van der Waals surface area contributed by atoms with Gasteiger partial charge in [-0.1, -0.05) is 66.0 Å². The highest BCUT2D eigenvalue weighted by Crippen LogP contribution is 2.26. The van der Waals surface area contributed by atoms with E-state index in [1.54, 1.807) is 36.4 Å². The van der Waals surface area contributed by atoms with Crippen molar-refractivity contribution in [2.75, 3.05) is 17.9 Å². The van der Waals surface area contributed by atoms with Gasteiger partial charge in [0.05, 0.1) is 10.6 Å². The molecule has 0 spiro atoms. The average molecular weight is 542 g/mol. The Morgan fingerprint density at radius 3 is 2.16 bits per heavy atom. The van der Waals surface area contributed by atoms with Crippen LogP contribution in [0.1, 0.15) is 30.0 Å². The van der Waals surface area contributed by atoms with E-state index in [1.165, 1.54) is 24.1 Å². The fourth-order valence-corrected chi connectivity index (χ4v) is 5.61. The van der Waals surface area contributed by atoms with Gasteiger partial charge in [0.15, 0.2) is 0 Å². The lowest BCUT2D eigenvalue weighted by molar-refractivity contribution is -0.140. The van der Waals surface area contributed by atoms with Crippen molar-refractivity contribution in [1.29, 1.82) is 0 Å². The van der Waals surface area contributed by atoms with E-state index in [2.05, 4.69) is 5.32 Å². The first kappa shape index (κ1) is 28.2. The van der Waals surface area contributed by atoms with Crippen LogP contribution < -0.4 is 9.62 Å². The Morgan fingerprint density at radius 2 is 1.59 bits per heavy atom. The quantitative estimate of drug-likeness (QED) is 0.403. The van der Waals surface area contributed by atoms with Gasteiger partial charge < -0.3 is 10.2 Å². The standard InChI is InChI=1S/C28H32ClN3O4S/c1-5-26(28(34)30-4)31(18-22-8-6-7-21(3)17-22)27(33)19-32(24-13-11-23(29)12-14-24)37(35,36)25-15-9-20(2)10-16-25/h6-17,26H,5,18-19H2,1-4H3,(H,30,34)/t26-/m1/s1. The molecule has 2 amide bonds. The number of hydrogen-bond donors (Lipinski definition) is 1. The number of carbonyl (C=O) groups is 2. The highest BCUT2D eigenvalue weighted by atomic mass is 35.5. The highest BCUT2D eigenvalue weighted by Gasteiger charge is 2.33. The fourth-order valence-electron chi connectivity index (χ4n) is 4.07. The van der Waals surface area contributed by atoms with Gasteiger partial charge in [-0.2, -0.15) is 0 Å². The first-order valence-electron chi connectivity index (χ1n) is 12.0. The number of anilines is 1. The molecule has 0 aliphatic carbocycles. The molecule has 7 nitrogen and oxygen atoms in total. The largest absolute Gasteiger partial charge is 0.357 e. The van der Waals surface area contributed by atoms with E-state index in [4.69, 9.17) is 11.6 Å². The molecule has 3 aromatic carbocycles. The van der Waals surface area contributed by atoms with E-state index >= 15 is 0 Å². The number of rotatable bonds is 10. The van der Waals surface area contributed by atoms with E-state index in [0.29, 0.717) is 17.1 Å². The molecule has 0 bridgehead atoms. The maximum atomic E-state index is 13.8. The minimum absolute atomic E-state index is 0.0597. The summed E-state index contributed by atoms with van der Waals surface area (Å²) in [5.41, 5.74) is 3.06. The summed E-state index contributed by atoms with van der Waals surface area (Å²) in [4.78, 5) is 28.1. The Balaban J connectivity index is 2.05. The van der Waals surface area contributed by atoms with Crippen LogP contribution in [0.15, 0.2) is 77.7 Å². The number of hydrogen-bond acceptors (Lipinski definition) is 4. The maximum absolute atomic E-state index is 13.8. The van der Waals surface area contributed by atoms with E-state index in [0.717, 1.165) is 21.0 Å². The summed E-state index contributed by atoms with van der Waals surface area (Å²) in [6, 6.07) is 19.6. The fraction of sp³-hybridized carbons (Fsp3) is 0.286. The van der Waals surface area contributed by atoms with Crippen molar-refractivity contribution >= 4 is 39.1 Å². The van der Waals surface area contributed by atoms with Gasteiger partial charge in [-0.25, -0.2) is 8.42 Å². The Hall–Kier alpha value is -3.36. The smallest absolute Gasteiger partial charge is 0.264 e. The van der Waals surface area contributed by atoms with Gasteiger partial charge in [0, 0.05) is 18.6 Å². The van der Waals surface area contributed by atoms with Gasteiger partial charge in [0.2, 0.25) is 11.8 Å². The molecule has 0 heterocycles. The van der Waals surface area contributed by atoms with Crippen LogP contribution in [0, 0.1) is 13.8 Å². The monoisotopic (exact) mass is 541 g/mol. The lowest BCUT2D eigenvalue weighted by atomic mass is 10.1. The number of aryl methyl sites for hydroxylation is 2. The van der Waals surface area contributed by atoms with Crippen molar-refractivity contribution in [3.8, 4) is 0 Å². The van der Waals surface area contributed by atoms with Crippen molar-refractivity contribution < 1.29 is 18.0 Å². The second kappa shape index (κ2) is 12.3. The lowest BCUT2D eigenvalue weighted by Crippen LogP contribution is -2.51. The molecule has 0 aliphatic rings. The molecule has 37 heavy (non-hydrogen) atoms. The minimum Gasteiger partial charge on any atom is -0.357 e. The summed E-state index contributed by atoms with van der Waals surface area (Å²) in [6.45, 7) is 5.30. The number of amides is 2. The molecule has 1 N–H and O–H groups in total. The van der Waals surface area contributed by atoms with Gasteiger partial charge in [0.1, 0.15) is 12.6 Å². The van der Waals surface area contributed by atoms with Crippen LogP contribution in [0.3, 0.4) is 0 Å². The van der Waals surface area contributed by atoms with Crippen LogP contribution >= 0.6 is 11.6 Å². The van der Waals surface area contributed by atoms with Crippen LogP contribution in [0.5, 0.6) is 0 Å². The van der Waals surface area contributed by atoms with E-state index in [1.807, 2.05) is 45.0 Å². The van der Waals surface area contributed by atoms with Crippen molar-refractivity contribution in [3.63, 3.8) is 0 Å².